The second-order valence-electron chi connectivity index (χ2n) is 6.89. The highest BCUT2D eigenvalue weighted by Gasteiger charge is 2.30. The van der Waals surface area contributed by atoms with E-state index in [2.05, 4.69) is 15.5 Å². The fourth-order valence-corrected chi connectivity index (χ4v) is 2.89. The number of fused-ring (bicyclic) bond motifs is 1. The molecule has 0 saturated carbocycles. The number of aromatic nitrogens is 4. The lowest BCUT2D eigenvalue weighted by atomic mass is 10.1. The molecule has 2 aromatic rings. The first-order valence-corrected chi connectivity index (χ1v) is 7.97. The van der Waals surface area contributed by atoms with Crippen molar-refractivity contribution in [3.8, 4) is 5.75 Å². The zero-order chi connectivity index (χ0) is 17.3. The predicted octanol–water partition coefficient (Wildman–Crippen LogP) is 1.72. The maximum absolute atomic E-state index is 13.8. The van der Waals surface area contributed by atoms with E-state index in [1.54, 1.807) is 10.7 Å². The molecule has 0 saturated heterocycles. The molecule has 2 heterocycles. The number of ether oxygens (including phenoxy) is 1. The molecule has 1 unspecified atom stereocenters. The number of benzene rings is 1. The molecule has 0 amide bonds. The van der Waals surface area contributed by atoms with E-state index in [-0.39, 0.29) is 24.0 Å². The van der Waals surface area contributed by atoms with E-state index in [9.17, 15) is 9.50 Å². The van der Waals surface area contributed by atoms with E-state index in [0.717, 1.165) is 0 Å². The van der Waals surface area contributed by atoms with E-state index < -0.39 is 0 Å². The summed E-state index contributed by atoms with van der Waals surface area (Å²) in [4.78, 5) is 2.01. The summed E-state index contributed by atoms with van der Waals surface area (Å²) in [6.07, 6.45) is 0.521. The van der Waals surface area contributed by atoms with Crippen molar-refractivity contribution >= 4 is 5.69 Å². The summed E-state index contributed by atoms with van der Waals surface area (Å²) in [5, 5.41) is 21.3. The first kappa shape index (κ1) is 16.6. The molecule has 0 radical (unpaired) electrons. The van der Waals surface area contributed by atoms with Gasteiger partial charge in [-0.25, -0.2) is 9.07 Å². The first-order valence-electron chi connectivity index (χ1n) is 7.97. The van der Waals surface area contributed by atoms with Gasteiger partial charge in [-0.2, -0.15) is 0 Å². The molecule has 1 aromatic heterocycles. The number of aliphatic hydroxyl groups excluding tert-OH is 1. The van der Waals surface area contributed by atoms with Crippen LogP contribution in [0.5, 0.6) is 5.75 Å². The van der Waals surface area contributed by atoms with Gasteiger partial charge in [0.15, 0.2) is 5.82 Å². The summed E-state index contributed by atoms with van der Waals surface area (Å²) in [6.45, 7) is 6.92. The molecule has 0 fully saturated rings. The normalized spacial score (nSPS) is 17.5. The minimum Gasteiger partial charge on any atom is -0.489 e. The zero-order valence-corrected chi connectivity index (χ0v) is 14.1. The van der Waals surface area contributed by atoms with E-state index in [1.807, 2.05) is 25.7 Å². The van der Waals surface area contributed by atoms with Crippen LogP contribution in [0.25, 0.3) is 0 Å². The standard InChI is InChI=1S/C16H22FN5O2/c1-16(2,3)22-15(18-19-20-22)9-21-12(6-7-23)10-24-14-5-4-11(17)8-13(14)21/h4-5,8,12,23H,6-7,9-10H2,1-3H3. The Hall–Kier alpha value is -2.22. The average molecular weight is 335 g/mol. The van der Waals surface area contributed by atoms with Crippen LogP contribution in [0.1, 0.15) is 33.0 Å². The SMILES string of the molecule is CC(C)(C)n1nnnc1CN1c2cc(F)ccc2OCC1CCO. The number of anilines is 1. The Morgan fingerprint density at radius 2 is 2.17 bits per heavy atom. The molecule has 8 heteroatoms. The van der Waals surface area contributed by atoms with Gasteiger partial charge in [0.25, 0.3) is 0 Å². The number of nitrogens with zero attached hydrogens (tertiary/aromatic N) is 5. The van der Waals surface area contributed by atoms with Crippen molar-refractivity contribution in [1.29, 1.82) is 0 Å². The minimum absolute atomic E-state index is 0.0272. The molecule has 24 heavy (non-hydrogen) atoms. The van der Waals surface area contributed by atoms with Crippen LogP contribution in [0.4, 0.5) is 10.1 Å². The lowest BCUT2D eigenvalue weighted by molar-refractivity contribution is 0.212. The maximum Gasteiger partial charge on any atom is 0.171 e. The molecule has 0 bridgehead atoms. The Bertz CT molecular complexity index is 713. The monoisotopic (exact) mass is 335 g/mol. The van der Waals surface area contributed by atoms with E-state index in [4.69, 9.17) is 4.74 Å². The van der Waals surface area contributed by atoms with Gasteiger partial charge >= 0.3 is 0 Å². The number of halogens is 1. The summed E-state index contributed by atoms with van der Waals surface area (Å²) < 4.78 is 21.2. The summed E-state index contributed by atoms with van der Waals surface area (Å²) in [6, 6.07) is 4.38. The van der Waals surface area contributed by atoms with Gasteiger partial charge in [-0.15, -0.1) is 5.10 Å². The number of aliphatic hydroxyl groups is 1. The van der Waals surface area contributed by atoms with Crippen LogP contribution < -0.4 is 9.64 Å². The number of hydrogen-bond donors (Lipinski definition) is 1. The Balaban J connectivity index is 1.97. The molecule has 1 aromatic carbocycles. The minimum atomic E-state index is -0.331. The van der Waals surface area contributed by atoms with Crippen LogP contribution >= 0.6 is 0 Å². The van der Waals surface area contributed by atoms with Crippen LogP contribution in [0, 0.1) is 5.82 Å². The van der Waals surface area contributed by atoms with Crippen molar-refractivity contribution in [3.05, 3.63) is 29.8 Å². The van der Waals surface area contributed by atoms with Crippen molar-refractivity contribution in [2.45, 2.75) is 45.3 Å². The van der Waals surface area contributed by atoms with Crippen molar-refractivity contribution in [2.75, 3.05) is 18.1 Å². The number of rotatable bonds is 4. The van der Waals surface area contributed by atoms with Crippen LogP contribution in [0.3, 0.4) is 0 Å². The van der Waals surface area contributed by atoms with Crippen molar-refractivity contribution in [1.82, 2.24) is 20.2 Å². The lowest BCUT2D eigenvalue weighted by Gasteiger charge is -2.38. The summed E-state index contributed by atoms with van der Waals surface area (Å²) in [7, 11) is 0. The van der Waals surface area contributed by atoms with E-state index in [0.29, 0.717) is 36.8 Å². The van der Waals surface area contributed by atoms with Crippen LogP contribution in [-0.4, -0.2) is 44.6 Å². The first-order chi connectivity index (χ1) is 11.4. The third-order valence-corrected chi connectivity index (χ3v) is 4.05. The predicted molar refractivity (Wildman–Crippen MR) is 86.4 cm³/mol. The third-order valence-electron chi connectivity index (χ3n) is 4.05. The number of tetrazole rings is 1. The highest BCUT2D eigenvalue weighted by molar-refractivity contribution is 5.61. The highest BCUT2D eigenvalue weighted by Crippen LogP contribution is 2.36. The lowest BCUT2D eigenvalue weighted by Crippen LogP contribution is -2.44. The molecule has 1 N–H and O–H groups in total. The van der Waals surface area contributed by atoms with Gasteiger partial charge in [0, 0.05) is 12.7 Å². The van der Waals surface area contributed by atoms with Crippen molar-refractivity contribution in [3.63, 3.8) is 0 Å². The molecule has 130 valence electrons. The highest BCUT2D eigenvalue weighted by atomic mass is 19.1. The van der Waals surface area contributed by atoms with Gasteiger partial charge in [-0.1, -0.05) is 0 Å². The Kier molecular flexibility index (Phi) is 4.40. The van der Waals surface area contributed by atoms with Gasteiger partial charge in [0.2, 0.25) is 0 Å². The van der Waals surface area contributed by atoms with E-state index >= 15 is 0 Å². The van der Waals surface area contributed by atoms with Crippen molar-refractivity contribution < 1.29 is 14.2 Å². The van der Waals surface area contributed by atoms with Gasteiger partial charge in [0.05, 0.1) is 23.8 Å². The largest absolute Gasteiger partial charge is 0.489 e. The molecule has 0 spiro atoms. The Labute approximate surface area is 140 Å². The average Bonchev–Trinajstić information content (AvgIpc) is 2.98. The fraction of sp³-hybridized carbons (Fsp3) is 0.562. The molecule has 0 aliphatic carbocycles. The topological polar surface area (TPSA) is 76.3 Å². The van der Waals surface area contributed by atoms with Gasteiger partial charge < -0.3 is 14.7 Å². The maximum atomic E-state index is 13.8. The second kappa shape index (κ2) is 6.35. The molecule has 1 aliphatic heterocycles. The molecular formula is C16H22FN5O2. The van der Waals surface area contributed by atoms with Crippen molar-refractivity contribution in [2.24, 2.45) is 0 Å². The fourth-order valence-electron chi connectivity index (χ4n) is 2.89. The van der Waals surface area contributed by atoms with E-state index in [1.165, 1.54) is 12.1 Å². The second-order valence-corrected chi connectivity index (χ2v) is 6.89. The molecule has 1 aliphatic rings. The molecule has 7 nitrogen and oxygen atoms in total. The molecular weight excluding hydrogens is 313 g/mol. The summed E-state index contributed by atoms with van der Waals surface area (Å²) >= 11 is 0. The summed E-state index contributed by atoms with van der Waals surface area (Å²) in [5.41, 5.74) is 0.394. The number of hydrogen-bond acceptors (Lipinski definition) is 6. The quantitative estimate of drug-likeness (QED) is 0.917. The smallest absolute Gasteiger partial charge is 0.171 e. The molecule has 3 rings (SSSR count). The summed E-state index contributed by atoms with van der Waals surface area (Å²) in [5.74, 6) is 0.977. The van der Waals surface area contributed by atoms with Crippen LogP contribution in [-0.2, 0) is 12.1 Å². The van der Waals surface area contributed by atoms with Crippen LogP contribution in [0.2, 0.25) is 0 Å². The Morgan fingerprint density at radius 1 is 1.38 bits per heavy atom. The Morgan fingerprint density at radius 3 is 2.88 bits per heavy atom. The van der Waals surface area contributed by atoms with Gasteiger partial charge in [0.1, 0.15) is 18.2 Å². The molecule has 1 atom stereocenters. The third kappa shape index (κ3) is 3.19. The van der Waals surface area contributed by atoms with Gasteiger partial charge in [-0.05, 0) is 49.8 Å². The van der Waals surface area contributed by atoms with Gasteiger partial charge in [-0.3, -0.25) is 0 Å². The zero-order valence-electron chi connectivity index (χ0n) is 14.1. The van der Waals surface area contributed by atoms with Crippen LogP contribution in [0.15, 0.2) is 18.2 Å².